The van der Waals surface area contributed by atoms with Gasteiger partial charge in [0, 0.05) is 39.7 Å². The van der Waals surface area contributed by atoms with E-state index in [-0.39, 0.29) is 12.0 Å². The fourth-order valence-corrected chi connectivity index (χ4v) is 5.42. The second kappa shape index (κ2) is 8.78. The molecule has 2 aromatic rings. The highest BCUT2D eigenvalue weighted by Gasteiger charge is 2.35. The largest absolute Gasteiger partial charge is 0.450 e. The molecule has 1 fully saturated rings. The Hall–Kier alpha value is -1.37. The van der Waals surface area contributed by atoms with Crippen LogP contribution in [0, 0.1) is 5.92 Å². The number of piperidine rings is 1. The third-order valence-corrected chi connectivity index (χ3v) is 7.52. The Kier molecular flexibility index (Phi) is 6.32. The number of rotatable bonds is 2. The van der Waals surface area contributed by atoms with E-state index in [9.17, 15) is 4.79 Å². The van der Waals surface area contributed by atoms with Crippen LogP contribution < -0.4 is 0 Å². The number of carbonyl (C=O) groups excluding carboxylic acids is 1. The molecule has 1 aliphatic heterocycles. The van der Waals surface area contributed by atoms with Crippen molar-refractivity contribution in [2.24, 2.45) is 5.92 Å². The van der Waals surface area contributed by atoms with Crippen molar-refractivity contribution in [1.29, 1.82) is 0 Å². The molecule has 1 saturated heterocycles. The third-order valence-electron chi connectivity index (χ3n) is 5.67. The average molecular weight is 541 g/mol. The van der Waals surface area contributed by atoms with E-state index in [1.807, 2.05) is 30.2 Å². The second-order valence-electron chi connectivity index (χ2n) is 7.32. The van der Waals surface area contributed by atoms with Crippen molar-refractivity contribution in [2.75, 3.05) is 19.7 Å². The molecule has 1 aromatic carbocycles. The summed E-state index contributed by atoms with van der Waals surface area (Å²) in [5, 5.41) is 0.690. The van der Waals surface area contributed by atoms with Crippen molar-refractivity contribution in [3.8, 4) is 0 Å². The predicted molar refractivity (Wildman–Crippen MR) is 123 cm³/mol. The van der Waals surface area contributed by atoms with E-state index in [1.165, 1.54) is 5.56 Å². The molecule has 7 heteroatoms. The molecule has 29 heavy (non-hydrogen) atoms. The van der Waals surface area contributed by atoms with E-state index in [2.05, 4.69) is 50.1 Å². The molecule has 0 spiro atoms. The maximum atomic E-state index is 12.1. The summed E-state index contributed by atoms with van der Waals surface area (Å²) in [5.74, 6) is 0.498. The van der Waals surface area contributed by atoms with E-state index in [4.69, 9.17) is 21.3 Å². The van der Waals surface area contributed by atoms with Gasteiger partial charge in [-0.15, -0.1) is 0 Å². The van der Waals surface area contributed by atoms with Crippen molar-refractivity contribution in [2.45, 2.75) is 25.7 Å². The number of benzene rings is 1. The number of hydrogen-bond acceptors (Lipinski definition) is 3. The molecule has 1 unspecified atom stereocenters. The van der Waals surface area contributed by atoms with Gasteiger partial charge in [0.25, 0.3) is 0 Å². The molecule has 152 valence electrons. The molecule has 4 rings (SSSR count). The zero-order valence-electron chi connectivity index (χ0n) is 16.0. The van der Waals surface area contributed by atoms with Gasteiger partial charge in [0.1, 0.15) is 0 Å². The van der Waals surface area contributed by atoms with Crippen molar-refractivity contribution in [3.63, 3.8) is 0 Å². The summed E-state index contributed by atoms with van der Waals surface area (Å²) in [6, 6.07) is 8.20. The molecule has 1 amide bonds. The van der Waals surface area contributed by atoms with Crippen LogP contribution in [0.25, 0.3) is 10.6 Å². The molecular formula is C22H21Br2ClN2O2. The van der Waals surface area contributed by atoms with Gasteiger partial charge in [-0.05, 0) is 77.0 Å². The molecule has 0 radical (unpaired) electrons. The number of aromatic nitrogens is 1. The summed E-state index contributed by atoms with van der Waals surface area (Å²) in [5.41, 5.74) is 4.48. The first kappa shape index (κ1) is 20.9. The fraction of sp³-hybridized carbons (Fsp3) is 0.364. The van der Waals surface area contributed by atoms with Crippen LogP contribution >= 0.6 is 43.5 Å². The summed E-state index contributed by atoms with van der Waals surface area (Å²) in [4.78, 5) is 18.7. The maximum absolute atomic E-state index is 12.1. The summed E-state index contributed by atoms with van der Waals surface area (Å²) in [7, 11) is 0. The minimum Gasteiger partial charge on any atom is -0.450 e. The Morgan fingerprint density at radius 1 is 1.31 bits per heavy atom. The van der Waals surface area contributed by atoms with Crippen LogP contribution in [0.4, 0.5) is 4.79 Å². The van der Waals surface area contributed by atoms with Crippen LogP contribution in [-0.4, -0.2) is 35.7 Å². The number of pyridine rings is 1. The van der Waals surface area contributed by atoms with E-state index in [1.54, 1.807) is 0 Å². The van der Waals surface area contributed by atoms with Crippen LogP contribution in [0.5, 0.6) is 0 Å². The average Bonchev–Trinajstić information content (AvgIpc) is 2.83. The Labute approximate surface area is 192 Å². The normalized spacial score (nSPS) is 19.1. The Bertz CT molecular complexity index is 971. The quantitative estimate of drug-likeness (QED) is 0.426. The molecule has 0 saturated carbocycles. The molecule has 1 aromatic heterocycles. The van der Waals surface area contributed by atoms with Gasteiger partial charge in [-0.25, -0.2) is 4.79 Å². The molecule has 0 N–H and O–H groups in total. The maximum Gasteiger partial charge on any atom is 0.409 e. The van der Waals surface area contributed by atoms with Gasteiger partial charge >= 0.3 is 6.09 Å². The van der Waals surface area contributed by atoms with Crippen LogP contribution in [0.3, 0.4) is 0 Å². The summed E-state index contributed by atoms with van der Waals surface area (Å²) < 4.78 is 7.07. The molecular weight excluding hydrogens is 520 g/mol. The van der Waals surface area contributed by atoms with E-state index in [0.29, 0.717) is 30.6 Å². The van der Waals surface area contributed by atoms with E-state index < -0.39 is 0 Å². The summed E-state index contributed by atoms with van der Waals surface area (Å²) in [6.07, 6.45) is 5.57. The van der Waals surface area contributed by atoms with Gasteiger partial charge in [-0.3, -0.25) is 4.98 Å². The highest BCUT2D eigenvalue weighted by molar-refractivity contribution is 9.15. The minimum absolute atomic E-state index is 0.130. The van der Waals surface area contributed by atoms with Gasteiger partial charge < -0.3 is 9.64 Å². The minimum atomic E-state index is -0.218. The summed E-state index contributed by atoms with van der Waals surface area (Å²) in [6.45, 7) is 3.63. The first-order valence-electron chi connectivity index (χ1n) is 9.72. The smallest absolute Gasteiger partial charge is 0.409 e. The van der Waals surface area contributed by atoms with Gasteiger partial charge in [0.05, 0.1) is 17.3 Å². The Morgan fingerprint density at radius 2 is 2.07 bits per heavy atom. The number of amides is 1. The Balaban J connectivity index is 1.74. The fourth-order valence-electron chi connectivity index (χ4n) is 4.31. The zero-order valence-corrected chi connectivity index (χ0v) is 19.9. The first-order valence-corrected chi connectivity index (χ1v) is 11.7. The lowest BCUT2D eigenvalue weighted by atomic mass is 9.76. The highest BCUT2D eigenvalue weighted by atomic mass is 79.9. The van der Waals surface area contributed by atoms with E-state index >= 15 is 0 Å². The molecule has 1 aliphatic carbocycles. The highest BCUT2D eigenvalue weighted by Crippen LogP contribution is 2.46. The van der Waals surface area contributed by atoms with Crippen LogP contribution in [0.1, 0.15) is 48.1 Å². The molecule has 0 bridgehead atoms. The molecule has 2 heterocycles. The van der Waals surface area contributed by atoms with Crippen molar-refractivity contribution in [1.82, 2.24) is 9.88 Å². The lowest BCUT2D eigenvalue weighted by molar-refractivity contribution is 0.0900. The molecule has 4 nitrogen and oxygen atoms in total. The molecule has 2 aliphatic rings. The van der Waals surface area contributed by atoms with Crippen molar-refractivity contribution >= 4 is 60.1 Å². The topological polar surface area (TPSA) is 42.4 Å². The third kappa shape index (κ3) is 4.12. The Morgan fingerprint density at radius 3 is 2.79 bits per heavy atom. The van der Waals surface area contributed by atoms with Crippen molar-refractivity contribution in [3.05, 3.63) is 62.3 Å². The predicted octanol–water partition coefficient (Wildman–Crippen LogP) is 6.70. The van der Waals surface area contributed by atoms with Gasteiger partial charge in [-0.1, -0.05) is 33.6 Å². The number of ether oxygens (including phenoxy) is 1. The standard InChI is InChI=1S/C22H21Br2ClN2O2/c1-2-29-22(28)27-8-5-13(6-9-27)20-16-12-18(24)19(25)11-14(16)10-17(23)15-4-3-7-26-21(15)20/h3-4,7,10-13,20H,2,5-6,8-9H2,1H3. The van der Waals surface area contributed by atoms with Gasteiger partial charge in [0.15, 0.2) is 0 Å². The van der Waals surface area contributed by atoms with Crippen LogP contribution in [0.2, 0.25) is 5.02 Å². The number of hydrogen-bond donors (Lipinski definition) is 0. The first-order chi connectivity index (χ1) is 14.0. The molecule has 1 atom stereocenters. The van der Waals surface area contributed by atoms with Gasteiger partial charge in [0.2, 0.25) is 0 Å². The number of carbonyl (C=O) groups is 1. The van der Waals surface area contributed by atoms with Crippen molar-refractivity contribution < 1.29 is 9.53 Å². The second-order valence-corrected chi connectivity index (χ2v) is 9.44. The number of likely N-dealkylation sites (tertiary alicyclic amines) is 1. The number of nitrogens with zero attached hydrogens (tertiary/aromatic N) is 2. The number of fused-ring (bicyclic) bond motifs is 2. The lowest BCUT2D eigenvalue weighted by Crippen LogP contribution is -2.40. The zero-order chi connectivity index (χ0) is 20.5. The summed E-state index contributed by atoms with van der Waals surface area (Å²) >= 11 is 13.8. The van der Waals surface area contributed by atoms with Crippen LogP contribution in [-0.2, 0) is 4.74 Å². The van der Waals surface area contributed by atoms with Gasteiger partial charge in [-0.2, -0.15) is 0 Å². The number of halogens is 3. The van der Waals surface area contributed by atoms with Crippen LogP contribution in [0.15, 0.2) is 34.9 Å². The SMILES string of the molecule is CCOC(=O)N1CCC(C2c3cc(Br)c(Cl)cc3C=C(Br)c3cccnc32)CC1. The monoisotopic (exact) mass is 538 g/mol. The lowest BCUT2D eigenvalue weighted by Gasteiger charge is -2.36. The van der Waals surface area contributed by atoms with E-state index in [0.717, 1.165) is 38.6 Å².